The Morgan fingerprint density at radius 3 is 2.34 bits per heavy atom. The summed E-state index contributed by atoms with van der Waals surface area (Å²) in [5, 5.41) is 3.06. The molecule has 1 heterocycles. The number of piperidine rings is 1. The van der Waals surface area contributed by atoms with Gasteiger partial charge in [0.05, 0.1) is 18.7 Å². The van der Waals surface area contributed by atoms with Crippen molar-refractivity contribution in [2.75, 3.05) is 27.2 Å². The Labute approximate surface area is 194 Å². The van der Waals surface area contributed by atoms with Crippen LogP contribution in [0.4, 0.5) is 0 Å². The highest BCUT2D eigenvalue weighted by molar-refractivity contribution is 5.91. The van der Waals surface area contributed by atoms with E-state index in [1.165, 1.54) is 0 Å². The van der Waals surface area contributed by atoms with Crippen molar-refractivity contribution in [1.29, 1.82) is 0 Å². The zero-order chi connectivity index (χ0) is 24.8. The molecule has 2 amide bonds. The van der Waals surface area contributed by atoms with E-state index in [0.717, 1.165) is 19.4 Å². The molecular weight excluding hydrogens is 406 g/mol. The number of carbonyl (C=O) groups is 3. The molecule has 184 valence electrons. The number of ether oxygens (including phenoxy) is 1. The van der Waals surface area contributed by atoms with Crippen LogP contribution in [0.1, 0.15) is 68.2 Å². The zero-order valence-corrected chi connectivity index (χ0v) is 21.8. The Balaban J connectivity index is 3.12. The minimum Gasteiger partial charge on any atom is -0.463 e. The quantitative estimate of drug-likeness (QED) is 0.453. The highest BCUT2D eigenvalue weighted by atomic mass is 16.5. The van der Waals surface area contributed by atoms with Crippen molar-refractivity contribution in [3.05, 3.63) is 11.6 Å². The number of nitrogens with zero attached hydrogens (tertiary/aromatic N) is 2. The van der Waals surface area contributed by atoms with Crippen molar-refractivity contribution in [3.63, 3.8) is 0 Å². The van der Waals surface area contributed by atoms with Gasteiger partial charge in [0, 0.05) is 12.6 Å². The molecular formula is C25H45N3O4. The Morgan fingerprint density at radius 2 is 1.84 bits per heavy atom. The molecule has 7 nitrogen and oxygen atoms in total. The fraction of sp³-hybridized carbons (Fsp3) is 0.800. The molecule has 0 aromatic carbocycles. The van der Waals surface area contributed by atoms with Gasteiger partial charge >= 0.3 is 5.97 Å². The van der Waals surface area contributed by atoms with E-state index in [9.17, 15) is 14.4 Å². The highest BCUT2D eigenvalue weighted by Crippen LogP contribution is 2.26. The predicted molar refractivity (Wildman–Crippen MR) is 128 cm³/mol. The molecule has 1 N–H and O–H groups in total. The van der Waals surface area contributed by atoms with E-state index in [0.29, 0.717) is 18.1 Å². The summed E-state index contributed by atoms with van der Waals surface area (Å²) >= 11 is 0. The van der Waals surface area contributed by atoms with E-state index in [1.807, 2.05) is 41.7 Å². The summed E-state index contributed by atoms with van der Waals surface area (Å²) < 4.78 is 5.09. The third-order valence-electron chi connectivity index (χ3n) is 6.33. The molecule has 32 heavy (non-hydrogen) atoms. The Morgan fingerprint density at radius 1 is 1.25 bits per heavy atom. The molecule has 1 saturated heterocycles. The first-order valence-corrected chi connectivity index (χ1v) is 11.8. The second-order valence-corrected chi connectivity index (χ2v) is 10.7. The molecule has 0 aromatic heterocycles. The van der Waals surface area contributed by atoms with Gasteiger partial charge < -0.3 is 15.0 Å². The van der Waals surface area contributed by atoms with Gasteiger partial charge in [0.1, 0.15) is 6.04 Å². The van der Waals surface area contributed by atoms with Crippen LogP contribution in [0, 0.1) is 17.3 Å². The number of esters is 1. The summed E-state index contributed by atoms with van der Waals surface area (Å²) in [6, 6.07) is -1.21. The third kappa shape index (κ3) is 7.61. The van der Waals surface area contributed by atoms with Gasteiger partial charge in [-0.15, -0.1) is 0 Å². The summed E-state index contributed by atoms with van der Waals surface area (Å²) in [6.07, 6.45) is 3.66. The molecule has 0 aromatic rings. The van der Waals surface area contributed by atoms with Gasteiger partial charge in [-0.3, -0.25) is 14.5 Å². The van der Waals surface area contributed by atoms with Gasteiger partial charge in [-0.1, -0.05) is 47.6 Å². The fourth-order valence-corrected chi connectivity index (χ4v) is 4.12. The zero-order valence-electron chi connectivity index (χ0n) is 21.8. The largest absolute Gasteiger partial charge is 0.463 e. The van der Waals surface area contributed by atoms with Gasteiger partial charge in [-0.2, -0.15) is 0 Å². The first-order valence-electron chi connectivity index (χ1n) is 11.8. The van der Waals surface area contributed by atoms with Crippen molar-refractivity contribution in [3.8, 4) is 0 Å². The fourth-order valence-electron chi connectivity index (χ4n) is 4.12. The number of rotatable bonds is 8. The van der Waals surface area contributed by atoms with E-state index < -0.39 is 11.5 Å². The van der Waals surface area contributed by atoms with E-state index in [-0.39, 0.29) is 35.8 Å². The number of carbonyl (C=O) groups excluding carboxylic acids is 3. The lowest BCUT2D eigenvalue weighted by molar-refractivity contribution is -0.142. The molecule has 0 aliphatic carbocycles. The summed E-state index contributed by atoms with van der Waals surface area (Å²) in [7, 11) is 3.70. The summed E-state index contributed by atoms with van der Waals surface area (Å²) in [6.45, 7) is 16.7. The molecule has 0 bridgehead atoms. The second-order valence-electron chi connectivity index (χ2n) is 10.7. The molecule has 0 unspecified atom stereocenters. The van der Waals surface area contributed by atoms with Crippen LogP contribution in [0.2, 0.25) is 0 Å². The number of hydrogen-bond donors (Lipinski definition) is 1. The molecule has 0 spiro atoms. The maximum atomic E-state index is 13.6. The van der Waals surface area contributed by atoms with Crippen LogP contribution in [-0.2, 0) is 19.1 Å². The number of likely N-dealkylation sites (N-methyl/N-ethyl adjacent to an activating group) is 2. The predicted octanol–water partition coefficient (Wildman–Crippen LogP) is 3.24. The van der Waals surface area contributed by atoms with E-state index in [2.05, 4.69) is 17.1 Å². The van der Waals surface area contributed by atoms with Crippen LogP contribution in [0.15, 0.2) is 11.6 Å². The van der Waals surface area contributed by atoms with Gasteiger partial charge in [0.25, 0.3) is 0 Å². The Bertz CT molecular complexity index is 696. The molecule has 1 fully saturated rings. The normalized spacial score (nSPS) is 22.3. The van der Waals surface area contributed by atoms with Gasteiger partial charge in [-0.05, 0) is 57.5 Å². The molecule has 0 saturated carbocycles. The lowest BCUT2D eigenvalue weighted by Crippen LogP contribution is -2.60. The lowest BCUT2D eigenvalue weighted by Gasteiger charge is -2.40. The molecule has 4 atom stereocenters. The Hall–Kier alpha value is -1.89. The van der Waals surface area contributed by atoms with Crippen LogP contribution in [0.3, 0.4) is 0 Å². The van der Waals surface area contributed by atoms with Gasteiger partial charge in [0.2, 0.25) is 11.8 Å². The van der Waals surface area contributed by atoms with Crippen molar-refractivity contribution in [2.45, 2.75) is 86.4 Å². The Kier molecular flexibility index (Phi) is 10.4. The monoisotopic (exact) mass is 451 g/mol. The van der Waals surface area contributed by atoms with Crippen molar-refractivity contribution < 1.29 is 19.1 Å². The van der Waals surface area contributed by atoms with Crippen molar-refractivity contribution >= 4 is 17.8 Å². The summed E-state index contributed by atoms with van der Waals surface area (Å²) in [5.74, 6) is -0.0807. The van der Waals surface area contributed by atoms with Crippen molar-refractivity contribution in [2.24, 2.45) is 17.3 Å². The highest BCUT2D eigenvalue weighted by Gasteiger charge is 2.39. The second kappa shape index (κ2) is 11.8. The van der Waals surface area contributed by atoms with Gasteiger partial charge in [-0.25, -0.2) is 4.79 Å². The smallest absolute Gasteiger partial charge is 0.333 e. The number of nitrogens with one attached hydrogen (secondary N) is 1. The molecule has 1 aliphatic rings. The minimum atomic E-state index is -0.678. The molecule has 0 radical (unpaired) electrons. The van der Waals surface area contributed by atoms with E-state index >= 15 is 0 Å². The minimum absolute atomic E-state index is 0.0787. The summed E-state index contributed by atoms with van der Waals surface area (Å²) in [5.41, 5.74) is 0.000687. The average Bonchev–Trinajstić information content (AvgIpc) is 2.69. The summed E-state index contributed by atoms with van der Waals surface area (Å²) in [4.78, 5) is 42.6. The molecule has 1 aliphatic heterocycles. The number of likely N-dealkylation sites (tertiary alicyclic amines) is 1. The molecule has 7 heteroatoms. The molecule has 1 rings (SSSR count). The van der Waals surface area contributed by atoms with Gasteiger partial charge in [0.15, 0.2) is 0 Å². The first-order chi connectivity index (χ1) is 14.7. The lowest BCUT2D eigenvalue weighted by atomic mass is 9.84. The SMILES string of the molecule is CCOC(=O)/C(C)=C/[C@H](C(C)C)N(C)C(=O)[C@@H](NC(=O)[C@H]1C[C@H](C)CCN1C)C(C)(C)C. The maximum absolute atomic E-state index is 13.6. The van der Waals surface area contributed by atoms with Crippen LogP contribution in [-0.4, -0.2) is 73.0 Å². The average molecular weight is 452 g/mol. The van der Waals surface area contributed by atoms with Crippen molar-refractivity contribution in [1.82, 2.24) is 15.1 Å². The standard InChI is InChI=1S/C25H45N3O4/c1-11-32-24(31)18(5)15-19(16(2)3)28(10)23(30)21(25(6,7)8)26-22(29)20-14-17(4)12-13-27(20)9/h15-17,19-21H,11-14H2,1-10H3,(H,26,29)/b18-15+/t17-,19-,20-,21-/m1/s1. The first kappa shape index (κ1) is 28.1. The van der Waals surface area contributed by atoms with Crippen LogP contribution >= 0.6 is 0 Å². The number of amides is 2. The number of hydrogen-bond acceptors (Lipinski definition) is 5. The topological polar surface area (TPSA) is 79.0 Å². The van der Waals surface area contributed by atoms with Crippen LogP contribution < -0.4 is 5.32 Å². The maximum Gasteiger partial charge on any atom is 0.333 e. The third-order valence-corrected chi connectivity index (χ3v) is 6.33. The van der Waals surface area contributed by atoms with Crippen LogP contribution in [0.5, 0.6) is 0 Å². The van der Waals surface area contributed by atoms with E-state index in [4.69, 9.17) is 4.74 Å². The van der Waals surface area contributed by atoms with Crippen LogP contribution in [0.25, 0.3) is 0 Å². The van der Waals surface area contributed by atoms with E-state index in [1.54, 1.807) is 31.9 Å².